The maximum atomic E-state index is 11.9. The predicted octanol–water partition coefficient (Wildman–Crippen LogP) is -1.28. The maximum absolute atomic E-state index is 11.9. The van der Waals surface area contributed by atoms with Crippen LogP contribution in [-0.2, 0) is 19.6 Å². The molecular weight excluding hydrogens is 270 g/mol. The van der Waals surface area contributed by atoms with Crippen molar-refractivity contribution in [3.63, 3.8) is 0 Å². The number of likely N-dealkylation sites (N-methyl/N-ethyl adjacent to an activating group) is 1. The van der Waals surface area contributed by atoms with Gasteiger partial charge in [0.2, 0.25) is 10.0 Å². The first-order chi connectivity index (χ1) is 8.95. The smallest absolute Gasteiger partial charge is 0.306 e. The van der Waals surface area contributed by atoms with E-state index in [-0.39, 0.29) is 12.2 Å². The monoisotopic (exact) mass is 293 g/mol. The summed E-state index contributed by atoms with van der Waals surface area (Å²) in [6, 6.07) is 0. The van der Waals surface area contributed by atoms with Gasteiger partial charge in [-0.3, -0.25) is 9.69 Å². The average molecular weight is 293 g/mol. The minimum atomic E-state index is -3.38. The Morgan fingerprint density at radius 2 is 2.00 bits per heavy atom. The standard InChI is InChI=1S/C11H23N3O4S/c1-13(8-9-14-6-4-12-5-7-14)19(16,17)10-3-11(15)18-2/h12H,3-10H2,1-2H3. The number of methoxy groups -OCH3 is 1. The minimum Gasteiger partial charge on any atom is -0.469 e. The number of ether oxygens (including phenoxy) is 1. The van der Waals surface area contributed by atoms with Crippen LogP contribution in [0.4, 0.5) is 0 Å². The quantitative estimate of drug-likeness (QED) is 0.589. The Balaban J connectivity index is 2.33. The summed E-state index contributed by atoms with van der Waals surface area (Å²) in [5, 5.41) is 3.25. The molecule has 1 saturated heterocycles. The molecule has 8 heteroatoms. The number of esters is 1. The van der Waals surface area contributed by atoms with Crippen molar-refractivity contribution in [2.45, 2.75) is 6.42 Å². The van der Waals surface area contributed by atoms with E-state index >= 15 is 0 Å². The van der Waals surface area contributed by atoms with E-state index in [1.807, 2.05) is 0 Å². The van der Waals surface area contributed by atoms with E-state index in [1.54, 1.807) is 7.05 Å². The lowest BCUT2D eigenvalue weighted by Gasteiger charge is -2.28. The molecule has 0 amide bonds. The molecule has 0 spiro atoms. The molecule has 7 nitrogen and oxygen atoms in total. The molecule has 112 valence electrons. The fourth-order valence-electron chi connectivity index (χ4n) is 1.83. The molecule has 19 heavy (non-hydrogen) atoms. The molecule has 0 aromatic heterocycles. The molecule has 0 radical (unpaired) electrons. The van der Waals surface area contributed by atoms with Gasteiger partial charge in [0.05, 0.1) is 19.3 Å². The van der Waals surface area contributed by atoms with Gasteiger partial charge in [-0.05, 0) is 0 Å². The van der Waals surface area contributed by atoms with Gasteiger partial charge in [-0.1, -0.05) is 0 Å². The maximum Gasteiger partial charge on any atom is 0.306 e. The van der Waals surface area contributed by atoms with Crippen molar-refractivity contribution in [1.29, 1.82) is 0 Å². The van der Waals surface area contributed by atoms with Crippen LogP contribution < -0.4 is 5.32 Å². The lowest BCUT2D eigenvalue weighted by Crippen LogP contribution is -2.46. The van der Waals surface area contributed by atoms with Crippen molar-refractivity contribution < 1.29 is 17.9 Å². The van der Waals surface area contributed by atoms with Crippen molar-refractivity contribution >= 4 is 16.0 Å². The summed E-state index contributed by atoms with van der Waals surface area (Å²) in [5.74, 6) is -0.698. The molecule has 0 unspecified atom stereocenters. The Bertz CT molecular complexity index is 379. The summed E-state index contributed by atoms with van der Waals surface area (Å²) in [6.45, 7) is 4.93. The van der Waals surface area contributed by atoms with E-state index in [1.165, 1.54) is 11.4 Å². The van der Waals surface area contributed by atoms with Crippen LogP contribution in [0.3, 0.4) is 0 Å². The largest absolute Gasteiger partial charge is 0.469 e. The Hall–Kier alpha value is -0.700. The van der Waals surface area contributed by atoms with Crippen LogP contribution in [-0.4, -0.2) is 82.8 Å². The molecule has 0 aromatic rings. The van der Waals surface area contributed by atoms with E-state index in [2.05, 4.69) is 15.0 Å². The molecule has 0 aromatic carbocycles. The summed E-state index contributed by atoms with van der Waals surface area (Å²) in [7, 11) is -0.573. The predicted molar refractivity (Wildman–Crippen MR) is 72.4 cm³/mol. The van der Waals surface area contributed by atoms with E-state index in [4.69, 9.17) is 0 Å². The van der Waals surface area contributed by atoms with Crippen molar-refractivity contribution in [3.8, 4) is 0 Å². The Morgan fingerprint density at radius 1 is 1.37 bits per heavy atom. The Morgan fingerprint density at radius 3 is 2.58 bits per heavy atom. The number of sulfonamides is 1. The van der Waals surface area contributed by atoms with E-state index < -0.39 is 16.0 Å². The van der Waals surface area contributed by atoms with E-state index in [9.17, 15) is 13.2 Å². The Labute approximate surface area is 114 Å². The van der Waals surface area contributed by atoms with Crippen LogP contribution in [0.25, 0.3) is 0 Å². The lowest BCUT2D eigenvalue weighted by molar-refractivity contribution is -0.140. The summed E-state index contributed by atoms with van der Waals surface area (Å²) < 4.78 is 29.6. The van der Waals surface area contributed by atoms with Gasteiger partial charge in [0.15, 0.2) is 0 Å². The van der Waals surface area contributed by atoms with Crippen LogP contribution in [0.2, 0.25) is 0 Å². The third-order valence-electron chi connectivity index (χ3n) is 3.21. The van der Waals surface area contributed by atoms with Gasteiger partial charge >= 0.3 is 5.97 Å². The molecule has 1 fully saturated rings. The van der Waals surface area contributed by atoms with Gasteiger partial charge in [-0.15, -0.1) is 0 Å². The zero-order valence-electron chi connectivity index (χ0n) is 11.6. The summed E-state index contributed by atoms with van der Waals surface area (Å²) >= 11 is 0. The van der Waals surface area contributed by atoms with Crippen molar-refractivity contribution in [1.82, 2.24) is 14.5 Å². The second-order valence-corrected chi connectivity index (χ2v) is 6.75. The van der Waals surface area contributed by atoms with Gasteiger partial charge in [0.25, 0.3) is 0 Å². The van der Waals surface area contributed by atoms with Crippen LogP contribution in [0.1, 0.15) is 6.42 Å². The summed E-state index contributed by atoms with van der Waals surface area (Å²) in [6.07, 6.45) is -0.100. The summed E-state index contributed by atoms with van der Waals surface area (Å²) in [5.41, 5.74) is 0. The number of nitrogens with one attached hydrogen (secondary N) is 1. The van der Waals surface area contributed by atoms with Crippen molar-refractivity contribution in [3.05, 3.63) is 0 Å². The minimum absolute atomic E-state index is 0.100. The van der Waals surface area contributed by atoms with Gasteiger partial charge in [-0.2, -0.15) is 0 Å². The highest BCUT2D eigenvalue weighted by Crippen LogP contribution is 2.02. The highest BCUT2D eigenvalue weighted by Gasteiger charge is 2.20. The van der Waals surface area contributed by atoms with Crippen LogP contribution in [0, 0.1) is 0 Å². The topological polar surface area (TPSA) is 79.0 Å². The van der Waals surface area contributed by atoms with Crippen molar-refractivity contribution in [2.24, 2.45) is 0 Å². The average Bonchev–Trinajstić information content (AvgIpc) is 2.43. The van der Waals surface area contributed by atoms with Gasteiger partial charge < -0.3 is 10.1 Å². The SMILES string of the molecule is COC(=O)CCS(=O)(=O)N(C)CCN1CCNCC1. The molecule has 0 aliphatic carbocycles. The normalized spacial score (nSPS) is 17.6. The highest BCUT2D eigenvalue weighted by atomic mass is 32.2. The number of piperazine rings is 1. The van der Waals surface area contributed by atoms with E-state index in [0.29, 0.717) is 6.54 Å². The van der Waals surface area contributed by atoms with Gasteiger partial charge in [0.1, 0.15) is 0 Å². The number of rotatable bonds is 7. The molecule has 0 bridgehead atoms. The fourth-order valence-corrected chi connectivity index (χ4v) is 2.92. The third-order valence-corrected chi connectivity index (χ3v) is 5.06. The molecule has 1 rings (SSSR count). The van der Waals surface area contributed by atoms with Crippen LogP contribution >= 0.6 is 0 Å². The number of carbonyl (C=O) groups excluding carboxylic acids is 1. The fraction of sp³-hybridized carbons (Fsp3) is 0.909. The molecular formula is C11H23N3O4S. The van der Waals surface area contributed by atoms with Crippen LogP contribution in [0.5, 0.6) is 0 Å². The molecule has 1 heterocycles. The third kappa shape index (κ3) is 5.85. The molecule has 0 atom stereocenters. The molecule has 1 N–H and O–H groups in total. The van der Waals surface area contributed by atoms with Gasteiger partial charge in [-0.25, -0.2) is 12.7 Å². The van der Waals surface area contributed by atoms with E-state index in [0.717, 1.165) is 32.7 Å². The molecule has 1 aliphatic heterocycles. The number of hydrogen-bond donors (Lipinski definition) is 1. The first-order valence-electron chi connectivity index (χ1n) is 6.39. The molecule has 0 saturated carbocycles. The Kier molecular flexibility index (Phi) is 6.70. The number of hydrogen-bond acceptors (Lipinski definition) is 6. The second-order valence-electron chi connectivity index (χ2n) is 4.56. The molecule has 1 aliphatic rings. The lowest BCUT2D eigenvalue weighted by atomic mass is 10.3. The van der Waals surface area contributed by atoms with Crippen molar-refractivity contribution in [2.75, 3.05) is 59.2 Å². The first-order valence-corrected chi connectivity index (χ1v) is 8.00. The number of carbonyl (C=O) groups is 1. The number of nitrogens with zero attached hydrogens (tertiary/aromatic N) is 2. The van der Waals surface area contributed by atoms with Crippen LogP contribution in [0.15, 0.2) is 0 Å². The second kappa shape index (κ2) is 7.78. The highest BCUT2D eigenvalue weighted by molar-refractivity contribution is 7.89. The van der Waals surface area contributed by atoms with Gasteiger partial charge in [0, 0.05) is 46.3 Å². The first kappa shape index (κ1) is 16.4. The zero-order chi connectivity index (χ0) is 14.3. The zero-order valence-corrected chi connectivity index (χ0v) is 12.4. The summed E-state index contributed by atoms with van der Waals surface area (Å²) in [4.78, 5) is 13.2.